The molecular weight excluding hydrogens is 194 g/mol. The van der Waals surface area contributed by atoms with Crippen molar-refractivity contribution >= 4 is 10.4 Å². The van der Waals surface area contributed by atoms with E-state index in [9.17, 15) is 8.42 Å². The first-order valence-corrected chi connectivity index (χ1v) is 4.82. The summed E-state index contributed by atoms with van der Waals surface area (Å²) in [5.74, 6) is 0. The van der Waals surface area contributed by atoms with Crippen LogP contribution in [0.3, 0.4) is 0 Å². The quantitative estimate of drug-likeness (QED) is 0.550. The van der Waals surface area contributed by atoms with E-state index in [1.165, 1.54) is 0 Å². The molecule has 72 valence electrons. The third-order valence-electron chi connectivity index (χ3n) is 1.35. The molecule has 0 aliphatic carbocycles. The summed E-state index contributed by atoms with van der Waals surface area (Å²) in [6.45, 7) is 0. The van der Waals surface area contributed by atoms with Gasteiger partial charge in [0.25, 0.3) is 0 Å². The molecule has 0 aromatic heterocycles. The molecule has 1 atom stereocenters. The molecule has 0 saturated heterocycles. The smallest absolute Gasteiger partial charge is 0.301 e. The number of benzene rings is 1. The Balaban J connectivity index is 2.76. The summed E-state index contributed by atoms with van der Waals surface area (Å²) in [5.41, 5.74) is 5.79. The van der Waals surface area contributed by atoms with Crippen molar-refractivity contribution < 1.29 is 17.2 Å². The van der Waals surface area contributed by atoms with Crippen molar-refractivity contribution in [3.8, 4) is 0 Å². The first-order valence-electron chi connectivity index (χ1n) is 3.45. The lowest BCUT2D eigenvalue weighted by atomic mass is 10.2. The van der Waals surface area contributed by atoms with Gasteiger partial charge in [-0.1, -0.05) is 30.3 Å². The lowest BCUT2D eigenvalue weighted by Crippen LogP contribution is -2.18. The Morgan fingerprint density at radius 1 is 1.31 bits per heavy atom. The highest BCUT2D eigenvalue weighted by molar-refractivity contribution is 7.80. The van der Waals surface area contributed by atoms with Gasteiger partial charge in [0.05, 0.1) is 0 Å². The number of hydrogen-bond acceptors (Lipinski definition) is 4. The van der Waals surface area contributed by atoms with Crippen molar-refractivity contribution in [2.45, 2.75) is 6.23 Å². The molecule has 3 N–H and O–H groups in total. The normalized spacial score (nSPS) is 14.0. The summed E-state index contributed by atoms with van der Waals surface area (Å²) >= 11 is 0. The van der Waals surface area contributed by atoms with E-state index in [4.69, 9.17) is 10.3 Å². The average molecular weight is 203 g/mol. The monoisotopic (exact) mass is 203 g/mol. The molecule has 13 heavy (non-hydrogen) atoms. The van der Waals surface area contributed by atoms with E-state index >= 15 is 0 Å². The molecule has 0 aliphatic heterocycles. The Morgan fingerprint density at radius 2 is 1.85 bits per heavy atom. The fraction of sp³-hybridized carbons (Fsp3) is 0.143. The zero-order chi connectivity index (χ0) is 9.90. The molecule has 0 aliphatic rings. The maximum atomic E-state index is 10.3. The topological polar surface area (TPSA) is 89.6 Å². The number of nitrogens with two attached hydrogens (primary N) is 1. The minimum atomic E-state index is -4.50. The fourth-order valence-corrected chi connectivity index (χ4v) is 1.20. The standard InChI is InChI=1S/C7H9NO4S/c8-7(12-13(9,10)11)6-4-2-1-3-5-6/h1-5,7H,8H2,(H,9,10,11). The second kappa shape index (κ2) is 3.84. The fourth-order valence-electron chi connectivity index (χ4n) is 0.829. The van der Waals surface area contributed by atoms with Crippen LogP contribution in [0.2, 0.25) is 0 Å². The van der Waals surface area contributed by atoms with Crippen LogP contribution < -0.4 is 5.73 Å². The van der Waals surface area contributed by atoms with Crippen LogP contribution in [0.5, 0.6) is 0 Å². The van der Waals surface area contributed by atoms with Gasteiger partial charge in [-0.25, -0.2) is 4.18 Å². The summed E-state index contributed by atoms with van der Waals surface area (Å²) in [4.78, 5) is 0. The summed E-state index contributed by atoms with van der Waals surface area (Å²) in [7, 11) is -4.50. The van der Waals surface area contributed by atoms with E-state index in [-0.39, 0.29) is 0 Å². The zero-order valence-electron chi connectivity index (χ0n) is 6.62. The summed E-state index contributed by atoms with van der Waals surface area (Å²) in [6.07, 6.45) is -1.17. The predicted molar refractivity (Wildman–Crippen MR) is 46.0 cm³/mol. The molecule has 0 fully saturated rings. The lowest BCUT2D eigenvalue weighted by Gasteiger charge is -2.09. The van der Waals surface area contributed by atoms with Crippen LogP contribution in [0.4, 0.5) is 0 Å². The second-order valence-corrected chi connectivity index (χ2v) is 3.40. The molecule has 0 radical (unpaired) electrons. The van der Waals surface area contributed by atoms with E-state index in [1.54, 1.807) is 30.3 Å². The average Bonchev–Trinajstić information content (AvgIpc) is 2.03. The lowest BCUT2D eigenvalue weighted by molar-refractivity contribution is 0.190. The number of rotatable bonds is 3. The second-order valence-electron chi connectivity index (χ2n) is 2.36. The van der Waals surface area contributed by atoms with Crippen LogP contribution in [-0.2, 0) is 14.6 Å². The summed E-state index contributed by atoms with van der Waals surface area (Å²) in [6, 6.07) is 8.31. The highest BCUT2D eigenvalue weighted by atomic mass is 32.3. The molecule has 0 spiro atoms. The zero-order valence-corrected chi connectivity index (χ0v) is 7.44. The number of hydrogen-bond donors (Lipinski definition) is 2. The Kier molecular flexibility index (Phi) is 2.99. The highest BCUT2D eigenvalue weighted by Gasteiger charge is 2.13. The Bertz CT molecular complexity index is 361. The molecule has 5 nitrogen and oxygen atoms in total. The van der Waals surface area contributed by atoms with Gasteiger partial charge in [0.1, 0.15) is 0 Å². The van der Waals surface area contributed by atoms with Crippen LogP contribution in [0.15, 0.2) is 30.3 Å². The van der Waals surface area contributed by atoms with Crippen molar-refractivity contribution in [2.24, 2.45) is 5.73 Å². The van der Waals surface area contributed by atoms with Crippen molar-refractivity contribution in [1.29, 1.82) is 0 Å². The van der Waals surface area contributed by atoms with Crippen molar-refractivity contribution in [3.63, 3.8) is 0 Å². The highest BCUT2D eigenvalue weighted by Crippen LogP contribution is 2.12. The van der Waals surface area contributed by atoms with Gasteiger partial charge in [-0.2, -0.15) is 8.42 Å². The third kappa shape index (κ3) is 3.51. The maximum absolute atomic E-state index is 10.3. The van der Waals surface area contributed by atoms with Gasteiger partial charge in [0.2, 0.25) is 0 Å². The largest absolute Gasteiger partial charge is 0.399 e. The molecule has 6 heteroatoms. The van der Waals surface area contributed by atoms with Crippen LogP contribution in [-0.4, -0.2) is 13.0 Å². The van der Waals surface area contributed by atoms with E-state index < -0.39 is 16.6 Å². The Labute approximate surface area is 76.1 Å². The van der Waals surface area contributed by atoms with Gasteiger partial charge in [-0.15, -0.1) is 0 Å². The summed E-state index contributed by atoms with van der Waals surface area (Å²) in [5, 5.41) is 0. The van der Waals surface area contributed by atoms with Gasteiger partial charge in [0.15, 0.2) is 6.23 Å². The van der Waals surface area contributed by atoms with Crippen LogP contribution in [0, 0.1) is 0 Å². The molecule has 0 heterocycles. The Hall–Kier alpha value is -0.950. The van der Waals surface area contributed by atoms with Gasteiger partial charge in [-0.05, 0) is 5.56 Å². The first kappa shape index (κ1) is 10.1. The summed E-state index contributed by atoms with van der Waals surface area (Å²) < 4.78 is 33.0. The molecule has 0 saturated carbocycles. The molecule has 1 aromatic carbocycles. The molecule has 0 bridgehead atoms. The molecule has 0 amide bonds. The van der Waals surface area contributed by atoms with E-state index in [0.717, 1.165) is 0 Å². The van der Waals surface area contributed by atoms with Gasteiger partial charge in [-0.3, -0.25) is 4.55 Å². The van der Waals surface area contributed by atoms with Crippen LogP contribution in [0.1, 0.15) is 11.8 Å². The van der Waals surface area contributed by atoms with Gasteiger partial charge >= 0.3 is 10.4 Å². The third-order valence-corrected chi connectivity index (χ3v) is 1.80. The molecular formula is C7H9NO4S. The van der Waals surface area contributed by atoms with Gasteiger partial charge < -0.3 is 5.73 Å². The molecule has 1 unspecified atom stereocenters. The first-order chi connectivity index (χ1) is 5.99. The van der Waals surface area contributed by atoms with Crippen LogP contribution >= 0.6 is 0 Å². The van der Waals surface area contributed by atoms with E-state index in [0.29, 0.717) is 5.56 Å². The van der Waals surface area contributed by atoms with Crippen molar-refractivity contribution in [1.82, 2.24) is 0 Å². The molecule has 1 rings (SSSR count). The minimum Gasteiger partial charge on any atom is -0.301 e. The maximum Gasteiger partial charge on any atom is 0.399 e. The van der Waals surface area contributed by atoms with Crippen molar-refractivity contribution in [2.75, 3.05) is 0 Å². The predicted octanol–water partition coefficient (Wildman–Crippen LogP) is 0.463. The van der Waals surface area contributed by atoms with Crippen LogP contribution in [0.25, 0.3) is 0 Å². The SMILES string of the molecule is NC(OS(=O)(=O)O)c1ccccc1. The van der Waals surface area contributed by atoms with E-state index in [1.807, 2.05) is 0 Å². The van der Waals surface area contributed by atoms with E-state index in [2.05, 4.69) is 4.18 Å². The molecule has 1 aromatic rings. The van der Waals surface area contributed by atoms with Gasteiger partial charge in [0, 0.05) is 0 Å². The Morgan fingerprint density at radius 3 is 2.31 bits per heavy atom. The minimum absolute atomic E-state index is 0.472. The van der Waals surface area contributed by atoms with Crippen molar-refractivity contribution in [3.05, 3.63) is 35.9 Å².